The third kappa shape index (κ3) is 2.85. The predicted molar refractivity (Wildman–Crippen MR) is 63.7 cm³/mol. The lowest BCUT2D eigenvalue weighted by Crippen LogP contribution is -2.29. The standard InChI is InChI=1S/C12H20N2O/c1-9(12(2,3)4)8-14-7-5-6-10(13)11(14)15/h5-7,9H,8,13H2,1-4H3. The van der Waals surface area contributed by atoms with Crippen LogP contribution in [-0.2, 0) is 6.54 Å². The van der Waals surface area contributed by atoms with Gasteiger partial charge in [0.25, 0.3) is 5.56 Å². The summed E-state index contributed by atoms with van der Waals surface area (Å²) in [6.07, 6.45) is 1.79. The molecule has 15 heavy (non-hydrogen) atoms. The van der Waals surface area contributed by atoms with E-state index in [2.05, 4.69) is 27.7 Å². The van der Waals surface area contributed by atoms with E-state index in [4.69, 9.17) is 5.73 Å². The Bertz CT molecular complexity index is 387. The van der Waals surface area contributed by atoms with Crippen LogP contribution in [0.4, 0.5) is 5.69 Å². The summed E-state index contributed by atoms with van der Waals surface area (Å²) in [6, 6.07) is 3.45. The molecule has 0 amide bonds. The van der Waals surface area contributed by atoms with Crippen molar-refractivity contribution < 1.29 is 0 Å². The van der Waals surface area contributed by atoms with Gasteiger partial charge in [0.15, 0.2) is 0 Å². The van der Waals surface area contributed by atoms with Gasteiger partial charge in [-0.25, -0.2) is 0 Å². The quantitative estimate of drug-likeness (QED) is 0.809. The zero-order chi connectivity index (χ0) is 11.6. The molecule has 1 atom stereocenters. The molecular weight excluding hydrogens is 188 g/mol. The fourth-order valence-corrected chi connectivity index (χ4v) is 1.27. The highest BCUT2D eigenvalue weighted by Crippen LogP contribution is 2.26. The molecule has 1 aromatic rings. The Kier molecular flexibility index (Phi) is 3.22. The summed E-state index contributed by atoms with van der Waals surface area (Å²) >= 11 is 0. The summed E-state index contributed by atoms with van der Waals surface area (Å²) in [7, 11) is 0. The van der Waals surface area contributed by atoms with Crippen LogP contribution in [0.5, 0.6) is 0 Å². The summed E-state index contributed by atoms with van der Waals surface area (Å²) in [5, 5.41) is 0. The normalized spacial score (nSPS) is 13.9. The van der Waals surface area contributed by atoms with E-state index in [0.717, 1.165) is 0 Å². The van der Waals surface area contributed by atoms with Crippen molar-refractivity contribution >= 4 is 5.69 Å². The first kappa shape index (κ1) is 11.8. The third-order valence-corrected chi connectivity index (χ3v) is 3.00. The van der Waals surface area contributed by atoms with Crippen LogP contribution in [0.3, 0.4) is 0 Å². The van der Waals surface area contributed by atoms with Crippen molar-refractivity contribution in [3.05, 3.63) is 28.7 Å². The second-order valence-electron chi connectivity index (χ2n) is 5.19. The molecule has 84 valence electrons. The van der Waals surface area contributed by atoms with Crippen molar-refractivity contribution in [2.45, 2.75) is 34.2 Å². The monoisotopic (exact) mass is 208 g/mol. The van der Waals surface area contributed by atoms with E-state index in [0.29, 0.717) is 18.2 Å². The van der Waals surface area contributed by atoms with Crippen LogP contribution >= 0.6 is 0 Å². The average molecular weight is 208 g/mol. The smallest absolute Gasteiger partial charge is 0.273 e. The molecule has 3 nitrogen and oxygen atoms in total. The van der Waals surface area contributed by atoms with Crippen molar-refractivity contribution in [2.75, 3.05) is 5.73 Å². The number of pyridine rings is 1. The van der Waals surface area contributed by atoms with Gasteiger partial charge in [-0.1, -0.05) is 27.7 Å². The Hall–Kier alpha value is -1.25. The number of nitrogen functional groups attached to an aromatic ring is 1. The minimum absolute atomic E-state index is 0.0893. The molecule has 0 saturated heterocycles. The number of hydrogen-bond acceptors (Lipinski definition) is 2. The molecule has 0 radical (unpaired) electrons. The maximum Gasteiger partial charge on any atom is 0.273 e. The molecule has 2 N–H and O–H groups in total. The molecule has 3 heteroatoms. The molecule has 0 aromatic carbocycles. The van der Waals surface area contributed by atoms with Crippen molar-refractivity contribution in [3.8, 4) is 0 Å². The van der Waals surface area contributed by atoms with E-state index < -0.39 is 0 Å². The summed E-state index contributed by atoms with van der Waals surface area (Å²) in [6.45, 7) is 9.39. The van der Waals surface area contributed by atoms with E-state index >= 15 is 0 Å². The van der Waals surface area contributed by atoms with Gasteiger partial charge in [0, 0.05) is 12.7 Å². The number of anilines is 1. The van der Waals surface area contributed by atoms with Crippen LogP contribution in [0.15, 0.2) is 23.1 Å². The number of nitrogens with two attached hydrogens (primary N) is 1. The zero-order valence-electron chi connectivity index (χ0n) is 9.95. The van der Waals surface area contributed by atoms with Gasteiger partial charge in [-0.15, -0.1) is 0 Å². The van der Waals surface area contributed by atoms with Gasteiger partial charge in [0.1, 0.15) is 0 Å². The van der Waals surface area contributed by atoms with Crippen LogP contribution in [0.25, 0.3) is 0 Å². The molecule has 0 aliphatic heterocycles. The Morgan fingerprint density at radius 3 is 2.60 bits per heavy atom. The zero-order valence-corrected chi connectivity index (χ0v) is 9.95. The lowest BCUT2D eigenvalue weighted by Gasteiger charge is -2.27. The second-order valence-corrected chi connectivity index (χ2v) is 5.19. The van der Waals surface area contributed by atoms with Crippen LogP contribution in [0.1, 0.15) is 27.7 Å². The average Bonchev–Trinajstić information content (AvgIpc) is 2.11. The van der Waals surface area contributed by atoms with Gasteiger partial charge < -0.3 is 10.3 Å². The van der Waals surface area contributed by atoms with E-state index in [-0.39, 0.29) is 11.0 Å². The lowest BCUT2D eigenvalue weighted by atomic mass is 9.82. The molecule has 0 fully saturated rings. The highest BCUT2D eigenvalue weighted by molar-refractivity contribution is 5.33. The molecule has 1 heterocycles. The molecular formula is C12H20N2O. The molecule has 0 spiro atoms. The Morgan fingerprint density at radius 1 is 1.47 bits per heavy atom. The molecule has 0 aliphatic carbocycles. The molecule has 1 rings (SSSR count). The largest absolute Gasteiger partial charge is 0.394 e. The Labute approximate surface area is 90.9 Å². The van der Waals surface area contributed by atoms with Crippen LogP contribution in [0.2, 0.25) is 0 Å². The topological polar surface area (TPSA) is 48.0 Å². The summed E-state index contributed by atoms with van der Waals surface area (Å²) < 4.78 is 1.69. The predicted octanol–water partition coefficient (Wildman–Crippen LogP) is 2.11. The number of hydrogen-bond donors (Lipinski definition) is 1. The minimum Gasteiger partial charge on any atom is -0.394 e. The molecule has 1 aromatic heterocycles. The maximum absolute atomic E-state index is 11.7. The fourth-order valence-electron chi connectivity index (χ4n) is 1.27. The van der Waals surface area contributed by atoms with Crippen LogP contribution in [-0.4, -0.2) is 4.57 Å². The number of nitrogens with zero attached hydrogens (tertiary/aromatic N) is 1. The molecule has 0 saturated carbocycles. The highest BCUT2D eigenvalue weighted by Gasteiger charge is 2.20. The van der Waals surface area contributed by atoms with E-state index in [1.165, 1.54) is 0 Å². The summed E-state index contributed by atoms with van der Waals surface area (Å²) in [5.41, 5.74) is 6.00. The lowest BCUT2D eigenvalue weighted by molar-refractivity contribution is 0.231. The number of rotatable bonds is 2. The first-order valence-corrected chi connectivity index (χ1v) is 5.27. The second kappa shape index (κ2) is 4.09. The molecule has 0 bridgehead atoms. The number of aromatic nitrogens is 1. The highest BCUT2D eigenvalue weighted by atomic mass is 16.1. The summed E-state index contributed by atoms with van der Waals surface area (Å²) in [5.74, 6) is 0.428. The van der Waals surface area contributed by atoms with Crippen molar-refractivity contribution in [1.82, 2.24) is 4.57 Å². The van der Waals surface area contributed by atoms with Crippen molar-refractivity contribution in [3.63, 3.8) is 0 Å². The molecule has 0 aliphatic rings. The molecule has 1 unspecified atom stereocenters. The van der Waals surface area contributed by atoms with Gasteiger partial charge in [-0.05, 0) is 23.5 Å². The van der Waals surface area contributed by atoms with E-state index in [9.17, 15) is 4.79 Å². The maximum atomic E-state index is 11.7. The van der Waals surface area contributed by atoms with Gasteiger partial charge in [0.05, 0.1) is 5.69 Å². The Morgan fingerprint density at radius 2 is 2.07 bits per heavy atom. The van der Waals surface area contributed by atoms with Crippen LogP contribution < -0.4 is 11.3 Å². The SMILES string of the molecule is CC(Cn1cccc(N)c1=O)C(C)(C)C. The first-order valence-electron chi connectivity index (χ1n) is 5.27. The minimum atomic E-state index is -0.0893. The van der Waals surface area contributed by atoms with E-state index in [1.54, 1.807) is 16.8 Å². The van der Waals surface area contributed by atoms with Crippen molar-refractivity contribution in [1.29, 1.82) is 0 Å². The summed E-state index contributed by atoms with van der Waals surface area (Å²) in [4.78, 5) is 11.7. The van der Waals surface area contributed by atoms with Crippen molar-refractivity contribution in [2.24, 2.45) is 11.3 Å². The van der Waals surface area contributed by atoms with Gasteiger partial charge in [-0.3, -0.25) is 4.79 Å². The Balaban J connectivity index is 2.91. The fraction of sp³-hybridized carbons (Fsp3) is 0.583. The van der Waals surface area contributed by atoms with Crippen LogP contribution in [0, 0.1) is 11.3 Å². The van der Waals surface area contributed by atoms with Gasteiger partial charge in [-0.2, -0.15) is 0 Å². The first-order chi connectivity index (χ1) is 6.82. The van der Waals surface area contributed by atoms with E-state index in [1.807, 2.05) is 6.07 Å². The van der Waals surface area contributed by atoms with Gasteiger partial charge in [0.2, 0.25) is 0 Å². The third-order valence-electron chi connectivity index (χ3n) is 3.00. The van der Waals surface area contributed by atoms with Gasteiger partial charge >= 0.3 is 0 Å².